The van der Waals surface area contributed by atoms with Crippen LogP contribution < -0.4 is 11.3 Å². The van der Waals surface area contributed by atoms with Gasteiger partial charge in [-0.05, 0) is 19.5 Å². The zero-order valence-electron chi connectivity index (χ0n) is 11.8. The molecule has 1 aliphatic rings. The van der Waals surface area contributed by atoms with Crippen LogP contribution in [0.15, 0.2) is 12.3 Å². The van der Waals surface area contributed by atoms with Crippen molar-refractivity contribution in [1.82, 2.24) is 14.8 Å². The van der Waals surface area contributed by atoms with Crippen LogP contribution in [-0.2, 0) is 0 Å². The fourth-order valence-corrected chi connectivity index (χ4v) is 2.64. The molecule has 110 valence electrons. The molecule has 0 spiro atoms. The number of nitrogens with one attached hydrogen (secondary N) is 1. The van der Waals surface area contributed by atoms with Crippen LogP contribution in [0.1, 0.15) is 23.7 Å². The monoisotopic (exact) mass is 297 g/mol. The maximum absolute atomic E-state index is 12.5. The topological polar surface area (TPSA) is 74.5 Å². The van der Waals surface area contributed by atoms with Gasteiger partial charge in [0.05, 0.1) is 10.6 Å². The van der Waals surface area contributed by atoms with Gasteiger partial charge in [0.1, 0.15) is 0 Å². The van der Waals surface area contributed by atoms with E-state index < -0.39 is 0 Å². The van der Waals surface area contributed by atoms with Crippen molar-refractivity contribution in [2.45, 2.75) is 19.4 Å². The number of nitrogens with two attached hydrogens (primary N) is 1. The molecule has 2 rings (SSSR count). The number of amides is 1. The van der Waals surface area contributed by atoms with E-state index in [1.807, 2.05) is 4.90 Å². The molecule has 6 nitrogen and oxygen atoms in total. The summed E-state index contributed by atoms with van der Waals surface area (Å²) in [4.78, 5) is 20.7. The molecule has 2 heterocycles. The molecule has 0 aliphatic carbocycles. The lowest BCUT2D eigenvalue weighted by Crippen LogP contribution is -2.53. The lowest BCUT2D eigenvalue weighted by molar-refractivity contribution is 0.0541. The average molecular weight is 298 g/mol. The van der Waals surface area contributed by atoms with Crippen molar-refractivity contribution in [1.29, 1.82) is 0 Å². The summed E-state index contributed by atoms with van der Waals surface area (Å²) < 4.78 is 0. The zero-order chi connectivity index (χ0) is 14.7. The van der Waals surface area contributed by atoms with E-state index in [0.717, 1.165) is 26.1 Å². The van der Waals surface area contributed by atoms with E-state index >= 15 is 0 Å². The minimum Gasteiger partial charge on any atom is -0.336 e. The van der Waals surface area contributed by atoms with Crippen LogP contribution in [0.3, 0.4) is 0 Å². The third-order valence-corrected chi connectivity index (χ3v) is 4.05. The van der Waals surface area contributed by atoms with Crippen LogP contribution in [0, 0.1) is 0 Å². The van der Waals surface area contributed by atoms with E-state index in [1.165, 1.54) is 6.20 Å². The second kappa shape index (κ2) is 6.39. The van der Waals surface area contributed by atoms with Crippen LogP contribution in [0.2, 0.25) is 5.02 Å². The van der Waals surface area contributed by atoms with Crippen LogP contribution in [0.5, 0.6) is 0 Å². The molecule has 3 N–H and O–H groups in total. The van der Waals surface area contributed by atoms with Gasteiger partial charge in [-0.15, -0.1) is 0 Å². The van der Waals surface area contributed by atoms with Gasteiger partial charge in [0.25, 0.3) is 5.91 Å². The molecule has 1 fully saturated rings. The Kier molecular flexibility index (Phi) is 4.80. The second-order valence-electron chi connectivity index (χ2n) is 4.99. The molecule has 0 bridgehead atoms. The van der Waals surface area contributed by atoms with Gasteiger partial charge in [0, 0.05) is 31.9 Å². The quantitative estimate of drug-likeness (QED) is 0.647. The summed E-state index contributed by atoms with van der Waals surface area (Å²) >= 11 is 6.01. The number of hydrogen-bond donors (Lipinski definition) is 2. The number of pyridine rings is 1. The smallest absolute Gasteiger partial charge is 0.255 e. The Morgan fingerprint density at radius 3 is 2.95 bits per heavy atom. The summed E-state index contributed by atoms with van der Waals surface area (Å²) in [7, 11) is 2.09. The molecule has 1 saturated heterocycles. The minimum atomic E-state index is -0.0329. The fourth-order valence-electron chi connectivity index (χ4n) is 2.41. The van der Waals surface area contributed by atoms with Crippen molar-refractivity contribution < 1.29 is 4.79 Å². The number of hydrazine groups is 1. The summed E-state index contributed by atoms with van der Waals surface area (Å²) in [5.74, 6) is 5.61. The normalized spacial score (nSPS) is 20.0. The molecule has 7 heteroatoms. The molecule has 1 aromatic rings. The number of likely N-dealkylation sites (N-methyl/N-ethyl adjacent to an activating group) is 1. The maximum Gasteiger partial charge on any atom is 0.255 e. The summed E-state index contributed by atoms with van der Waals surface area (Å²) in [5, 5.41) is 0.347. The van der Waals surface area contributed by atoms with Gasteiger partial charge in [-0.3, -0.25) is 9.69 Å². The van der Waals surface area contributed by atoms with Crippen molar-refractivity contribution in [3.05, 3.63) is 22.8 Å². The molecule has 1 aromatic heterocycles. The summed E-state index contributed by atoms with van der Waals surface area (Å²) in [6, 6.07) is 2.01. The summed E-state index contributed by atoms with van der Waals surface area (Å²) in [5.41, 5.74) is 2.88. The van der Waals surface area contributed by atoms with Gasteiger partial charge in [-0.2, -0.15) is 0 Å². The highest BCUT2D eigenvalue weighted by Gasteiger charge is 2.27. The Morgan fingerprint density at radius 1 is 1.60 bits per heavy atom. The lowest BCUT2D eigenvalue weighted by atomic mass is 10.1. The van der Waals surface area contributed by atoms with Crippen LogP contribution in [0.25, 0.3) is 0 Å². The first-order valence-electron chi connectivity index (χ1n) is 6.68. The number of carbonyl (C=O) groups is 1. The Labute approximate surface area is 123 Å². The Morgan fingerprint density at radius 2 is 2.35 bits per heavy atom. The maximum atomic E-state index is 12.5. The van der Waals surface area contributed by atoms with E-state index in [-0.39, 0.29) is 5.91 Å². The van der Waals surface area contributed by atoms with Gasteiger partial charge in [0.15, 0.2) is 5.82 Å². The fraction of sp³-hybridized carbons (Fsp3) is 0.538. The summed E-state index contributed by atoms with van der Waals surface area (Å²) in [6.07, 6.45) is 2.53. The molecule has 0 radical (unpaired) electrons. The number of rotatable bonds is 3. The molecular formula is C13H20ClN5O. The molecule has 1 amide bonds. The third kappa shape index (κ3) is 3.03. The van der Waals surface area contributed by atoms with Crippen molar-refractivity contribution in [2.24, 2.45) is 5.84 Å². The highest BCUT2D eigenvalue weighted by molar-refractivity contribution is 6.33. The Hall–Kier alpha value is -1.37. The second-order valence-corrected chi connectivity index (χ2v) is 5.40. The van der Waals surface area contributed by atoms with Gasteiger partial charge in [-0.25, -0.2) is 10.8 Å². The third-order valence-electron chi connectivity index (χ3n) is 3.76. The molecule has 0 saturated carbocycles. The van der Waals surface area contributed by atoms with Crippen LogP contribution >= 0.6 is 11.6 Å². The summed E-state index contributed by atoms with van der Waals surface area (Å²) in [6.45, 7) is 4.48. The molecule has 1 atom stereocenters. The number of aromatic nitrogens is 1. The first-order valence-corrected chi connectivity index (χ1v) is 7.06. The van der Waals surface area contributed by atoms with E-state index in [0.29, 0.717) is 22.4 Å². The highest BCUT2D eigenvalue weighted by atomic mass is 35.5. The van der Waals surface area contributed by atoms with Crippen LogP contribution in [0.4, 0.5) is 5.82 Å². The number of nitrogen functional groups attached to an aromatic ring is 1. The lowest BCUT2D eigenvalue weighted by Gasteiger charge is -2.39. The predicted octanol–water partition coefficient (Wildman–Crippen LogP) is 1.19. The standard InChI is InChI=1S/C13H20ClN5O/c1-3-10-8-19(5-4-18(10)2)13(20)9-6-11(14)12(17-15)16-7-9/h6-7,10H,3-5,8,15H2,1-2H3,(H,16,17). The predicted molar refractivity (Wildman–Crippen MR) is 79.7 cm³/mol. The van der Waals surface area contributed by atoms with E-state index in [2.05, 4.69) is 29.3 Å². The number of carbonyl (C=O) groups excluding carboxylic acids is 1. The van der Waals surface area contributed by atoms with E-state index in [4.69, 9.17) is 17.4 Å². The minimum absolute atomic E-state index is 0.0329. The van der Waals surface area contributed by atoms with Gasteiger partial charge >= 0.3 is 0 Å². The van der Waals surface area contributed by atoms with Crippen LogP contribution in [-0.4, -0.2) is 53.4 Å². The van der Waals surface area contributed by atoms with Gasteiger partial charge < -0.3 is 10.3 Å². The van der Waals surface area contributed by atoms with Crippen molar-refractivity contribution in [3.63, 3.8) is 0 Å². The first-order chi connectivity index (χ1) is 9.56. The number of nitrogens with zero attached hydrogens (tertiary/aromatic N) is 3. The molecule has 1 unspecified atom stereocenters. The Balaban J connectivity index is 2.13. The SMILES string of the molecule is CCC1CN(C(=O)c2cnc(NN)c(Cl)c2)CCN1C. The zero-order valence-corrected chi connectivity index (χ0v) is 12.5. The molecule has 20 heavy (non-hydrogen) atoms. The molecular weight excluding hydrogens is 278 g/mol. The number of anilines is 1. The molecule has 1 aliphatic heterocycles. The van der Waals surface area contributed by atoms with E-state index in [9.17, 15) is 4.79 Å². The van der Waals surface area contributed by atoms with E-state index in [1.54, 1.807) is 6.07 Å². The average Bonchev–Trinajstić information content (AvgIpc) is 2.47. The number of halogens is 1. The molecule has 0 aromatic carbocycles. The van der Waals surface area contributed by atoms with Gasteiger partial charge in [0.2, 0.25) is 0 Å². The highest BCUT2D eigenvalue weighted by Crippen LogP contribution is 2.21. The number of piperazine rings is 1. The number of hydrogen-bond acceptors (Lipinski definition) is 5. The first kappa shape index (κ1) is 15.0. The largest absolute Gasteiger partial charge is 0.336 e. The van der Waals surface area contributed by atoms with Gasteiger partial charge in [-0.1, -0.05) is 18.5 Å². The van der Waals surface area contributed by atoms with Crippen molar-refractivity contribution in [2.75, 3.05) is 32.1 Å². The van der Waals surface area contributed by atoms with Crippen molar-refractivity contribution in [3.8, 4) is 0 Å². The Bertz CT molecular complexity index is 496. The van der Waals surface area contributed by atoms with Crippen molar-refractivity contribution >= 4 is 23.3 Å².